The van der Waals surface area contributed by atoms with Crippen molar-refractivity contribution in [2.45, 2.75) is 0 Å². The highest BCUT2D eigenvalue weighted by Gasteiger charge is 2.12. The lowest BCUT2D eigenvalue weighted by Gasteiger charge is -2.09. The van der Waals surface area contributed by atoms with Crippen molar-refractivity contribution in [1.82, 2.24) is 0 Å². The minimum atomic E-state index is -0.387. The van der Waals surface area contributed by atoms with Crippen molar-refractivity contribution in [2.75, 3.05) is 10.6 Å². The van der Waals surface area contributed by atoms with Gasteiger partial charge in [0.1, 0.15) is 0 Å². The Morgan fingerprint density at radius 2 is 1.00 bits per heavy atom. The predicted octanol–water partition coefficient (Wildman–Crippen LogP) is 6.80. The van der Waals surface area contributed by atoms with Crippen LogP contribution in [0.1, 0.15) is 20.7 Å². The molecule has 142 valence electrons. The number of hydrogen-bond acceptors (Lipinski definition) is 2. The first-order valence-corrected chi connectivity index (χ1v) is 9.47. The van der Waals surface area contributed by atoms with Crippen LogP contribution in [0.5, 0.6) is 0 Å². The van der Waals surface area contributed by atoms with Gasteiger partial charge in [0.2, 0.25) is 0 Å². The summed E-state index contributed by atoms with van der Waals surface area (Å²) < 4.78 is 0. The molecule has 0 saturated heterocycles. The molecule has 2 amide bonds. The van der Waals surface area contributed by atoms with Gasteiger partial charge in [0.15, 0.2) is 0 Å². The third kappa shape index (κ3) is 4.97. The van der Waals surface area contributed by atoms with Crippen LogP contribution in [0.15, 0.2) is 60.7 Å². The van der Waals surface area contributed by atoms with Gasteiger partial charge in [0.25, 0.3) is 11.8 Å². The van der Waals surface area contributed by atoms with Crippen LogP contribution in [-0.4, -0.2) is 11.8 Å². The lowest BCUT2D eigenvalue weighted by Crippen LogP contribution is -2.15. The van der Waals surface area contributed by atoms with Crippen molar-refractivity contribution >= 4 is 69.6 Å². The molecule has 2 N–H and O–H groups in total. The second kappa shape index (κ2) is 8.84. The number of rotatable bonds is 4. The smallest absolute Gasteiger partial charge is 0.255 e. The van der Waals surface area contributed by atoms with E-state index in [4.69, 9.17) is 46.4 Å². The van der Waals surface area contributed by atoms with Crippen molar-refractivity contribution in [3.63, 3.8) is 0 Å². The molecular formula is C20H12Cl4N2O2. The minimum Gasteiger partial charge on any atom is -0.322 e. The topological polar surface area (TPSA) is 58.2 Å². The largest absolute Gasteiger partial charge is 0.322 e. The van der Waals surface area contributed by atoms with Gasteiger partial charge >= 0.3 is 0 Å². The number of halogens is 4. The Hall–Kier alpha value is -2.24. The van der Waals surface area contributed by atoms with Crippen LogP contribution in [0.3, 0.4) is 0 Å². The van der Waals surface area contributed by atoms with Crippen LogP contribution >= 0.6 is 46.4 Å². The molecule has 0 fully saturated rings. The SMILES string of the molecule is O=C(Nc1ccc(Cl)c(Cl)c1)c1cccc(C(=O)Nc2ccc(Cl)c(Cl)c2)c1. The fraction of sp³-hybridized carbons (Fsp3) is 0. The normalized spacial score (nSPS) is 10.4. The Bertz CT molecular complexity index is 989. The average molecular weight is 454 g/mol. The van der Waals surface area contributed by atoms with Gasteiger partial charge in [-0.3, -0.25) is 9.59 Å². The van der Waals surface area contributed by atoms with Gasteiger partial charge in [-0.2, -0.15) is 0 Å². The molecule has 0 aliphatic carbocycles. The Morgan fingerprint density at radius 3 is 1.39 bits per heavy atom. The van der Waals surface area contributed by atoms with E-state index >= 15 is 0 Å². The zero-order valence-corrected chi connectivity index (χ0v) is 17.1. The van der Waals surface area contributed by atoms with Crippen molar-refractivity contribution in [2.24, 2.45) is 0 Å². The number of carbonyl (C=O) groups is 2. The summed E-state index contributed by atoms with van der Waals surface area (Å²) in [4.78, 5) is 24.9. The third-order valence-corrected chi connectivity index (χ3v) is 5.22. The van der Waals surface area contributed by atoms with Gasteiger partial charge in [-0.05, 0) is 54.6 Å². The predicted molar refractivity (Wildman–Crippen MR) is 115 cm³/mol. The van der Waals surface area contributed by atoms with Crippen molar-refractivity contribution in [1.29, 1.82) is 0 Å². The zero-order valence-electron chi connectivity index (χ0n) is 14.1. The van der Waals surface area contributed by atoms with Crippen LogP contribution in [0.4, 0.5) is 11.4 Å². The molecule has 0 spiro atoms. The molecule has 28 heavy (non-hydrogen) atoms. The van der Waals surface area contributed by atoms with E-state index in [2.05, 4.69) is 10.6 Å². The van der Waals surface area contributed by atoms with Crippen molar-refractivity contribution in [3.05, 3.63) is 91.9 Å². The zero-order chi connectivity index (χ0) is 20.3. The van der Waals surface area contributed by atoms with Crippen molar-refractivity contribution in [3.8, 4) is 0 Å². The number of anilines is 2. The van der Waals surface area contributed by atoms with Gasteiger partial charge in [0.05, 0.1) is 20.1 Å². The summed E-state index contributed by atoms with van der Waals surface area (Å²) in [6.45, 7) is 0. The summed E-state index contributed by atoms with van der Waals surface area (Å²) in [5.41, 5.74) is 1.61. The van der Waals surface area contributed by atoms with E-state index in [0.717, 1.165) is 0 Å². The summed E-state index contributed by atoms with van der Waals surface area (Å²) >= 11 is 23.6. The number of benzene rings is 3. The molecule has 3 rings (SSSR count). The van der Waals surface area contributed by atoms with Crippen LogP contribution < -0.4 is 10.6 Å². The van der Waals surface area contributed by atoms with E-state index < -0.39 is 0 Å². The van der Waals surface area contributed by atoms with E-state index in [1.54, 1.807) is 54.6 Å². The molecule has 0 unspecified atom stereocenters. The maximum absolute atomic E-state index is 12.5. The fourth-order valence-corrected chi connectivity index (χ4v) is 2.95. The summed E-state index contributed by atoms with van der Waals surface area (Å²) in [5.74, 6) is -0.773. The molecule has 0 aliphatic rings. The molecule has 0 heterocycles. The number of nitrogens with one attached hydrogen (secondary N) is 2. The first kappa shape index (κ1) is 20.5. The van der Waals surface area contributed by atoms with Crippen LogP contribution in [0, 0.1) is 0 Å². The summed E-state index contributed by atoms with van der Waals surface area (Å²) in [6.07, 6.45) is 0. The molecule has 4 nitrogen and oxygen atoms in total. The molecule has 3 aromatic carbocycles. The lowest BCUT2D eigenvalue weighted by atomic mass is 10.1. The number of amides is 2. The average Bonchev–Trinajstić information content (AvgIpc) is 2.67. The van der Waals surface area contributed by atoms with E-state index in [-0.39, 0.29) is 11.8 Å². The van der Waals surface area contributed by atoms with Gasteiger partial charge in [-0.15, -0.1) is 0 Å². The molecule has 0 radical (unpaired) electrons. The van der Waals surface area contributed by atoms with Crippen LogP contribution in [0.2, 0.25) is 20.1 Å². The highest BCUT2D eigenvalue weighted by atomic mass is 35.5. The molecule has 0 aromatic heterocycles. The first-order valence-electron chi connectivity index (χ1n) is 7.96. The highest BCUT2D eigenvalue weighted by Crippen LogP contribution is 2.26. The Kier molecular flexibility index (Phi) is 6.47. The van der Waals surface area contributed by atoms with Gasteiger partial charge < -0.3 is 10.6 Å². The van der Waals surface area contributed by atoms with E-state index in [1.807, 2.05) is 0 Å². The second-order valence-corrected chi connectivity index (χ2v) is 7.38. The number of hydrogen-bond donors (Lipinski definition) is 2. The quantitative estimate of drug-likeness (QED) is 0.456. The molecule has 3 aromatic rings. The Labute approximate surface area is 181 Å². The summed E-state index contributed by atoms with van der Waals surface area (Å²) in [7, 11) is 0. The van der Waals surface area contributed by atoms with E-state index in [1.165, 1.54) is 6.07 Å². The molecule has 0 aliphatic heterocycles. The van der Waals surface area contributed by atoms with Crippen LogP contribution in [0.25, 0.3) is 0 Å². The fourth-order valence-electron chi connectivity index (χ4n) is 2.36. The standard InChI is InChI=1S/C20H12Cl4N2O2/c21-15-6-4-13(9-17(15)23)25-19(27)11-2-1-3-12(8-11)20(28)26-14-5-7-16(22)18(24)10-14/h1-10H,(H,25,27)(H,26,28). The third-order valence-electron chi connectivity index (χ3n) is 3.74. The molecular weight excluding hydrogens is 442 g/mol. The Balaban J connectivity index is 1.75. The molecule has 8 heteroatoms. The molecule has 0 saturated carbocycles. The lowest BCUT2D eigenvalue weighted by molar-refractivity contribution is 0.102. The summed E-state index contributed by atoms with van der Waals surface area (Å²) in [6, 6.07) is 15.8. The van der Waals surface area contributed by atoms with Gasteiger partial charge in [0, 0.05) is 22.5 Å². The first-order chi connectivity index (χ1) is 13.3. The molecule has 0 atom stereocenters. The maximum Gasteiger partial charge on any atom is 0.255 e. The van der Waals surface area contributed by atoms with E-state index in [0.29, 0.717) is 42.6 Å². The monoisotopic (exact) mass is 452 g/mol. The molecule has 0 bridgehead atoms. The highest BCUT2D eigenvalue weighted by molar-refractivity contribution is 6.42. The minimum absolute atomic E-state index is 0.313. The van der Waals surface area contributed by atoms with Crippen LogP contribution in [-0.2, 0) is 0 Å². The summed E-state index contributed by atoms with van der Waals surface area (Å²) in [5, 5.41) is 6.85. The number of carbonyl (C=O) groups excluding carboxylic acids is 2. The van der Waals surface area contributed by atoms with Gasteiger partial charge in [-0.1, -0.05) is 52.5 Å². The van der Waals surface area contributed by atoms with Gasteiger partial charge in [-0.25, -0.2) is 0 Å². The second-order valence-electron chi connectivity index (χ2n) is 5.75. The van der Waals surface area contributed by atoms with Crippen molar-refractivity contribution < 1.29 is 9.59 Å². The maximum atomic E-state index is 12.5. The Morgan fingerprint density at radius 1 is 0.571 bits per heavy atom. The van der Waals surface area contributed by atoms with E-state index in [9.17, 15) is 9.59 Å².